The molecule has 1 atom stereocenters. The van der Waals surface area contributed by atoms with Crippen molar-refractivity contribution in [3.8, 4) is 11.4 Å². The molecule has 1 N–H and O–H groups in total. The van der Waals surface area contributed by atoms with Crippen molar-refractivity contribution in [2.45, 2.75) is 19.9 Å². The van der Waals surface area contributed by atoms with Gasteiger partial charge in [0.05, 0.1) is 11.6 Å². The number of rotatable bonds is 4. The number of amides is 2. The largest absolute Gasteiger partial charge is 0.334 e. The minimum Gasteiger partial charge on any atom is -0.334 e. The number of nitrogens with zero attached hydrogens (tertiary/aromatic N) is 3. The molecule has 0 saturated carbocycles. The molecule has 0 saturated heterocycles. The molecule has 6 nitrogen and oxygen atoms in total. The van der Waals surface area contributed by atoms with Gasteiger partial charge in [-0.2, -0.15) is 4.98 Å². The molecule has 6 heteroatoms. The molecule has 0 bridgehead atoms. The Morgan fingerprint density at radius 2 is 1.74 bits per heavy atom. The van der Waals surface area contributed by atoms with Crippen LogP contribution in [-0.4, -0.2) is 27.6 Å². The fourth-order valence-corrected chi connectivity index (χ4v) is 3.37. The highest BCUT2D eigenvalue weighted by Crippen LogP contribution is 2.37. The maximum absolute atomic E-state index is 12.5. The molecule has 0 aliphatic carbocycles. The Balaban J connectivity index is 1.82. The van der Waals surface area contributed by atoms with E-state index in [0.717, 1.165) is 22.4 Å². The molecule has 3 aromatic rings. The molecule has 2 aromatic carbocycles. The van der Waals surface area contributed by atoms with Crippen LogP contribution in [0, 0.1) is 0 Å². The number of hydrogen-bond donors (Lipinski definition) is 1. The van der Waals surface area contributed by atoms with Crippen molar-refractivity contribution in [3.05, 3.63) is 77.8 Å². The summed E-state index contributed by atoms with van der Waals surface area (Å²) in [7, 11) is 0. The Bertz CT molecular complexity index is 980. The summed E-state index contributed by atoms with van der Waals surface area (Å²) in [6.45, 7) is 4.41. The van der Waals surface area contributed by atoms with Crippen molar-refractivity contribution >= 4 is 11.6 Å². The fraction of sp³-hybridized carbons (Fsp3) is 0.190. The zero-order valence-corrected chi connectivity index (χ0v) is 15.2. The van der Waals surface area contributed by atoms with Gasteiger partial charge in [-0.1, -0.05) is 65.8 Å². The van der Waals surface area contributed by atoms with Gasteiger partial charge < -0.3 is 9.84 Å². The lowest BCUT2D eigenvalue weighted by Crippen LogP contribution is -2.45. The van der Waals surface area contributed by atoms with Gasteiger partial charge in [-0.25, -0.2) is 4.79 Å². The molecule has 1 aliphatic rings. The molecule has 1 aliphatic heterocycles. The van der Waals surface area contributed by atoms with E-state index in [-0.39, 0.29) is 12.1 Å². The third-order valence-corrected chi connectivity index (χ3v) is 4.73. The Morgan fingerprint density at radius 1 is 1.07 bits per heavy atom. The number of urea groups is 1. The number of nitrogens with one attached hydrogen (secondary N) is 1. The Morgan fingerprint density at radius 3 is 2.41 bits per heavy atom. The van der Waals surface area contributed by atoms with E-state index in [1.165, 1.54) is 0 Å². The second-order valence-electron chi connectivity index (χ2n) is 6.33. The average Bonchev–Trinajstić information content (AvgIpc) is 3.19. The Kier molecular flexibility index (Phi) is 4.46. The lowest BCUT2D eigenvalue weighted by Gasteiger charge is -2.34. The summed E-state index contributed by atoms with van der Waals surface area (Å²) in [6, 6.07) is 19.0. The van der Waals surface area contributed by atoms with E-state index in [2.05, 4.69) is 15.5 Å². The maximum Gasteiger partial charge on any atom is 0.322 e. The summed E-state index contributed by atoms with van der Waals surface area (Å²) in [5.74, 6) is 0.941. The van der Waals surface area contributed by atoms with Crippen LogP contribution in [0.1, 0.15) is 31.3 Å². The summed E-state index contributed by atoms with van der Waals surface area (Å²) in [5, 5.41) is 7.21. The van der Waals surface area contributed by atoms with Gasteiger partial charge in [0.1, 0.15) is 0 Å². The van der Waals surface area contributed by atoms with Crippen molar-refractivity contribution < 1.29 is 9.32 Å². The summed E-state index contributed by atoms with van der Waals surface area (Å²) in [4.78, 5) is 18.8. The molecule has 27 heavy (non-hydrogen) atoms. The normalized spacial score (nSPS) is 17.2. The third kappa shape index (κ3) is 3.10. The summed E-state index contributed by atoms with van der Waals surface area (Å²) < 4.78 is 5.61. The van der Waals surface area contributed by atoms with Gasteiger partial charge in [-0.15, -0.1) is 0 Å². The van der Waals surface area contributed by atoms with Crippen molar-refractivity contribution in [2.24, 2.45) is 0 Å². The van der Waals surface area contributed by atoms with Gasteiger partial charge in [0.2, 0.25) is 5.82 Å². The van der Waals surface area contributed by atoms with E-state index < -0.39 is 0 Å². The van der Waals surface area contributed by atoms with Crippen molar-refractivity contribution in [1.29, 1.82) is 0 Å². The van der Waals surface area contributed by atoms with Gasteiger partial charge in [-0.05, 0) is 19.4 Å². The molecule has 1 aromatic heterocycles. The number of carbonyl (C=O) groups is 1. The summed E-state index contributed by atoms with van der Waals surface area (Å²) in [6.07, 6.45) is 0. The van der Waals surface area contributed by atoms with E-state index >= 15 is 0 Å². The highest BCUT2D eigenvalue weighted by molar-refractivity contribution is 5.86. The Hall–Kier alpha value is -3.41. The van der Waals surface area contributed by atoms with Crippen LogP contribution in [-0.2, 0) is 0 Å². The zero-order valence-electron chi connectivity index (χ0n) is 15.2. The number of carbonyl (C=O) groups excluding carboxylic acids is 1. The van der Waals surface area contributed by atoms with Gasteiger partial charge >= 0.3 is 6.03 Å². The highest BCUT2D eigenvalue weighted by atomic mass is 16.5. The molecule has 2 amide bonds. The zero-order chi connectivity index (χ0) is 18.8. The summed E-state index contributed by atoms with van der Waals surface area (Å²) in [5.41, 5.74) is 3.49. The van der Waals surface area contributed by atoms with Gasteiger partial charge in [0.15, 0.2) is 0 Å². The topological polar surface area (TPSA) is 71.3 Å². The molecule has 2 heterocycles. The molecule has 4 rings (SSSR count). The van der Waals surface area contributed by atoms with Crippen LogP contribution in [0.25, 0.3) is 17.0 Å². The lowest BCUT2D eigenvalue weighted by atomic mass is 9.95. The molecule has 1 unspecified atom stereocenters. The van der Waals surface area contributed by atoms with Crippen LogP contribution in [0.5, 0.6) is 0 Å². The minimum absolute atomic E-state index is 0.129. The summed E-state index contributed by atoms with van der Waals surface area (Å²) >= 11 is 0. The van der Waals surface area contributed by atoms with Gasteiger partial charge in [-0.3, -0.25) is 4.90 Å². The smallest absolute Gasteiger partial charge is 0.322 e. The first-order valence-corrected chi connectivity index (χ1v) is 8.92. The SMILES string of the molecule is CCN1C(=O)NC(c2ccccc2)C(c2nc(-c3ccccc3)no2)=C1C. The number of benzene rings is 2. The van der Waals surface area contributed by atoms with E-state index in [1.807, 2.05) is 74.5 Å². The number of aromatic nitrogens is 2. The van der Waals surface area contributed by atoms with Gasteiger partial charge in [0.25, 0.3) is 5.89 Å². The second kappa shape index (κ2) is 7.07. The lowest BCUT2D eigenvalue weighted by molar-refractivity contribution is 0.207. The quantitative estimate of drug-likeness (QED) is 0.755. The molecule has 0 radical (unpaired) electrons. The molecular formula is C21H20N4O2. The van der Waals surface area contributed by atoms with Crippen molar-refractivity contribution in [3.63, 3.8) is 0 Å². The number of hydrogen-bond acceptors (Lipinski definition) is 4. The first-order chi connectivity index (χ1) is 13.2. The maximum atomic E-state index is 12.5. The Labute approximate surface area is 157 Å². The number of allylic oxidation sites excluding steroid dienone is 1. The average molecular weight is 360 g/mol. The molecular weight excluding hydrogens is 340 g/mol. The predicted molar refractivity (Wildman–Crippen MR) is 102 cm³/mol. The minimum atomic E-state index is -0.342. The predicted octanol–water partition coefficient (Wildman–Crippen LogP) is 4.25. The molecule has 0 fully saturated rings. The van der Waals surface area contributed by atoms with Crippen LogP contribution < -0.4 is 5.32 Å². The van der Waals surface area contributed by atoms with Crippen molar-refractivity contribution in [2.75, 3.05) is 6.54 Å². The van der Waals surface area contributed by atoms with E-state index in [9.17, 15) is 4.79 Å². The fourth-order valence-electron chi connectivity index (χ4n) is 3.37. The van der Waals surface area contributed by atoms with E-state index in [0.29, 0.717) is 18.3 Å². The molecule has 136 valence electrons. The van der Waals surface area contributed by atoms with Crippen LogP contribution in [0.15, 0.2) is 70.9 Å². The van der Waals surface area contributed by atoms with E-state index in [1.54, 1.807) is 4.90 Å². The van der Waals surface area contributed by atoms with Crippen LogP contribution in [0.4, 0.5) is 4.79 Å². The molecule has 0 spiro atoms. The second-order valence-corrected chi connectivity index (χ2v) is 6.33. The van der Waals surface area contributed by atoms with Crippen molar-refractivity contribution in [1.82, 2.24) is 20.4 Å². The monoisotopic (exact) mass is 360 g/mol. The van der Waals surface area contributed by atoms with Crippen LogP contribution >= 0.6 is 0 Å². The van der Waals surface area contributed by atoms with E-state index in [4.69, 9.17) is 4.52 Å². The first kappa shape index (κ1) is 17.0. The highest BCUT2D eigenvalue weighted by Gasteiger charge is 2.34. The van der Waals surface area contributed by atoms with Crippen LogP contribution in [0.2, 0.25) is 0 Å². The van der Waals surface area contributed by atoms with Crippen LogP contribution in [0.3, 0.4) is 0 Å². The first-order valence-electron chi connectivity index (χ1n) is 8.92. The standard InChI is InChI=1S/C21H20N4O2/c1-3-25-14(2)17(18(22-21(25)26)15-10-6-4-7-11-15)20-23-19(24-27-20)16-12-8-5-9-13-16/h4-13,18H,3H2,1-2H3,(H,22,26). The van der Waals surface area contributed by atoms with Gasteiger partial charge in [0, 0.05) is 17.8 Å². The third-order valence-electron chi connectivity index (χ3n) is 4.73.